The number of sulfonamides is 1. The first-order chi connectivity index (χ1) is 9.78. The van der Waals surface area contributed by atoms with E-state index in [1.165, 1.54) is 28.2 Å². The minimum absolute atomic E-state index is 0.123. The Morgan fingerprint density at radius 3 is 2.43 bits per heavy atom. The molecule has 1 saturated heterocycles. The molecule has 0 saturated carbocycles. The van der Waals surface area contributed by atoms with Gasteiger partial charge in [-0.25, -0.2) is 8.42 Å². The fraction of sp³-hybridized carbons (Fsp3) is 0.615. The highest BCUT2D eigenvalue weighted by molar-refractivity contribution is 7.89. The zero-order valence-electron chi connectivity index (χ0n) is 12.8. The Balaban J connectivity index is 2.42. The monoisotopic (exact) mass is 314 g/mol. The van der Waals surface area contributed by atoms with E-state index in [1.807, 2.05) is 13.8 Å². The van der Waals surface area contributed by atoms with Gasteiger partial charge in [0, 0.05) is 45.5 Å². The number of carbonyl (C=O) groups is 1. The molecular weight excluding hydrogens is 292 g/mol. The number of carbonyl (C=O) groups excluding carboxylic acids is 1. The van der Waals surface area contributed by atoms with Gasteiger partial charge in [0.2, 0.25) is 10.0 Å². The third kappa shape index (κ3) is 2.83. The zero-order chi connectivity index (χ0) is 15.8. The standard InChI is InChI=1S/C13H22N4O3S/c1-9-6-15-7-10(2)17(9)21(19,20)11-5-12(13(18)14-3)16(4)8-11/h5,8-10,15H,6-7H2,1-4H3,(H,14,18). The highest BCUT2D eigenvalue weighted by atomic mass is 32.2. The summed E-state index contributed by atoms with van der Waals surface area (Å²) in [6.07, 6.45) is 1.49. The Morgan fingerprint density at radius 1 is 1.33 bits per heavy atom. The highest BCUT2D eigenvalue weighted by Crippen LogP contribution is 2.24. The second-order valence-electron chi connectivity index (χ2n) is 5.44. The normalized spacial score (nSPS) is 24.0. The summed E-state index contributed by atoms with van der Waals surface area (Å²) in [5, 5.41) is 5.71. The van der Waals surface area contributed by atoms with Gasteiger partial charge in [-0.2, -0.15) is 4.31 Å². The Bertz CT molecular complexity index is 628. The summed E-state index contributed by atoms with van der Waals surface area (Å²) in [5.41, 5.74) is 0.325. The van der Waals surface area contributed by atoms with E-state index >= 15 is 0 Å². The predicted octanol–water partition coefficient (Wildman–Crippen LogP) is -0.244. The molecule has 2 N–H and O–H groups in total. The molecule has 2 atom stereocenters. The van der Waals surface area contributed by atoms with Crippen LogP contribution in [-0.4, -0.2) is 55.4 Å². The number of nitrogens with one attached hydrogen (secondary N) is 2. The lowest BCUT2D eigenvalue weighted by molar-refractivity contribution is 0.0955. The van der Waals surface area contributed by atoms with E-state index in [2.05, 4.69) is 10.6 Å². The minimum Gasteiger partial charge on any atom is -0.354 e. The minimum atomic E-state index is -3.61. The van der Waals surface area contributed by atoms with Gasteiger partial charge in [-0.05, 0) is 19.9 Å². The second-order valence-corrected chi connectivity index (χ2v) is 7.29. The summed E-state index contributed by atoms with van der Waals surface area (Å²) in [6, 6.07) is 1.18. The lowest BCUT2D eigenvalue weighted by Gasteiger charge is -2.37. The van der Waals surface area contributed by atoms with E-state index in [0.29, 0.717) is 18.8 Å². The van der Waals surface area contributed by atoms with E-state index in [1.54, 1.807) is 7.05 Å². The quantitative estimate of drug-likeness (QED) is 0.806. The highest BCUT2D eigenvalue weighted by Gasteiger charge is 2.36. The molecule has 0 aliphatic carbocycles. The van der Waals surface area contributed by atoms with Crippen molar-refractivity contribution in [2.24, 2.45) is 7.05 Å². The van der Waals surface area contributed by atoms with Gasteiger partial charge in [0.05, 0.1) is 0 Å². The van der Waals surface area contributed by atoms with Crippen molar-refractivity contribution in [3.8, 4) is 0 Å². The Morgan fingerprint density at radius 2 is 1.90 bits per heavy atom. The lowest BCUT2D eigenvalue weighted by atomic mass is 10.2. The molecule has 1 fully saturated rings. The maximum absolute atomic E-state index is 12.8. The van der Waals surface area contributed by atoms with Gasteiger partial charge in [0.15, 0.2) is 0 Å². The number of aromatic nitrogens is 1. The van der Waals surface area contributed by atoms with Gasteiger partial charge in [-0.3, -0.25) is 4.79 Å². The number of hydrogen-bond acceptors (Lipinski definition) is 4. The predicted molar refractivity (Wildman–Crippen MR) is 79.6 cm³/mol. The molecule has 1 aliphatic rings. The first-order valence-corrected chi connectivity index (χ1v) is 8.35. The van der Waals surface area contributed by atoms with E-state index < -0.39 is 10.0 Å². The van der Waals surface area contributed by atoms with Crippen molar-refractivity contribution < 1.29 is 13.2 Å². The lowest BCUT2D eigenvalue weighted by Crippen LogP contribution is -2.56. The van der Waals surface area contributed by atoms with Crippen LogP contribution in [0, 0.1) is 0 Å². The van der Waals surface area contributed by atoms with Gasteiger partial charge in [0.25, 0.3) is 5.91 Å². The average Bonchev–Trinajstić information content (AvgIpc) is 2.80. The molecule has 0 aromatic carbocycles. The maximum Gasteiger partial charge on any atom is 0.267 e. The van der Waals surface area contributed by atoms with Crippen molar-refractivity contribution in [1.82, 2.24) is 19.5 Å². The summed E-state index contributed by atoms with van der Waals surface area (Å²) in [6.45, 7) is 5.00. The average molecular weight is 314 g/mol. The molecule has 0 spiro atoms. The van der Waals surface area contributed by atoms with Crippen molar-refractivity contribution in [3.63, 3.8) is 0 Å². The number of aryl methyl sites for hydroxylation is 1. The summed E-state index contributed by atoms with van der Waals surface area (Å²) in [7, 11) is -0.433. The van der Waals surface area contributed by atoms with Crippen molar-refractivity contribution in [1.29, 1.82) is 0 Å². The molecule has 1 amide bonds. The maximum atomic E-state index is 12.8. The molecule has 21 heavy (non-hydrogen) atoms. The molecule has 0 bridgehead atoms. The largest absolute Gasteiger partial charge is 0.354 e. The van der Waals surface area contributed by atoms with Gasteiger partial charge >= 0.3 is 0 Å². The summed E-state index contributed by atoms with van der Waals surface area (Å²) < 4.78 is 28.7. The Hall–Kier alpha value is -1.38. The van der Waals surface area contributed by atoms with E-state index in [0.717, 1.165) is 0 Å². The molecule has 8 heteroatoms. The van der Waals surface area contributed by atoms with Crippen LogP contribution in [0.4, 0.5) is 0 Å². The van der Waals surface area contributed by atoms with E-state index in [4.69, 9.17) is 0 Å². The Kier molecular flexibility index (Phi) is 4.40. The van der Waals surface area contributed by atoms with Crippen molar-refractivity contribution >= 4 is 15.9 Å². The van der Waals surface area contributed by atoms with Gasteiger partial charge in [-0.15, -0.1) is 0 Å². The van der Waals surface area contributed by atoms with Crippen LogP contribution in [0.1, 0.15) is 24.3 Å². The van der Waals surface area contributed by atoms with Crippen LogP contribution in [0.2, 0.25) is 0 Å². The molecule has 2 unspecified atom stereocenters. The fourth-order valence-corrected chi connectivity index (χ4v) is 4.63. The molecule has 118 valence electrons. The van der Waals surface area contributed by atoms with Crippen LogP contribution in [0.15, 0.2) is 17.2 Å². The van der Waals surface area contributed by atoms with Gasteiger partial charge in [0.1, 0.15) is 10.6 Å². The number of hydrogen-bond donors (Lipinski definition) is 2. The number of amides is 1. The van der Waals surface area contributed by atoms with Crippen LogP contribution < -0.4 is 10.6 Å². The van der Waals surface area contributed by atoms with Crippen LogP contribution >= 0.6 is 0 Å². The number of rotatable bonds is 3. The van der Waals surface area contributed by atoms with Crippen molar-refractivity contribution in [3.05, 3.63) is 18.0 Å². The van der Waals surface area contributed by atoms with Gasteiger partial charge in [-0.1, -0.05) is 0 Å². The molecule has 1 aromatic rings. The summed E-state index contributed by atoms with van der Waals surface area (Å²) in [4.78, 5) is 11.9. The SMILES string of the molecule is CNC(=O)c1cc(S(=O)(=O)N2C(C)CNCC2C)cn1C. The first-order valence-electron chi connectivity index (χ1n) is 6.91. The topological polar surface area (TPSA) is 83.4 Å². The first kappa shape index (κ1) is 16.0. The molecule has 1 aliphatic heterocycles. The van der Waals surface area contributed by atoms with Crippen molar-refractivity contribution in [2.75, 3.05) is 20.1 Å². The Labute approximate surface area is 125 Å². The third-order valence-corrected chi connectivity index (χ3v) is 5.86. The van der Waals surface area contributed by atoms with Crippen LogP contribution in [0.3, 0.4) is 0 Å². The van der Waals surface area contributed by atoms with Gasteiger partial charge < -0.3 is 15.2 Å². The molecule has 2 rings (SSSR count). The molecule has 7 nitrogen and oxygen atoms in total. The second kappa shape index (κ2) is 5.78. The molecule has 1 aromatic heterocycles. The van der Waals surface area contributed by atoms with Crippen LogP contribution in [0.25, 0.3) is 0 Å². The molecular formula is C13H22N4O3S. The fourth-order valence-electron chi connectivity index (χ4n) is 2.74. The van der Waals surface area contributed by atoms with Crippen molar-refractivity contribution in [2.45, 2.75) is 30.8 Å². The zero-order valence-corrected chi connectivity index (χ0v) is 13.6. The summed E-state index contributed by atoms with van der Waals surface area (Å²) >= 11 is 0. The van der Waals surface area contributed by atoms with E-state index in [-0.39, 0.29) is 22.9 Å². The van der Waals surface area contributed by atoms with Crippen LogP contribution in [0.5, 0.6) is 0 Å². The third-order valence-electron chi connectivity index (χ3n) is 3.76. The van der Waals surface area contributed by atoms with Crippen LogP contribution in [-0.2, 0) is 17.1 Å². The smallest absolute Gasteiger partial charge is 0.267 e. The number of piperazine rings is 1. The van der Waals surface area contributed by atoms with E-state index in [9.17, 15) is 13.2 Å². The molecule has 2 heterocycles. The number of nitrogens with zero attached hydrogens (tertiary/aromatic N) is 2. The summed E-state index contributed by atoms with van der Waals surface area (Å²) in [5.74, 6) is -0.305. The molecule has 0 radical (unpaired) electrons.